The topological polar surface area (TPSA) is 74.8 Å². The third-order valence-corrected chi connectivity index (χ3v) is 8.90. The molecular formula is C39H37N5O2. The fraction of sp³-hybridized carbons (Fsp3) is 0.231. The Morgan fingerprint density at radius 2 is 1.59 bits per heavy atom. The Morgan fingerprint density at radius 1 is 0.870 bits per heavy atom. The minimum Gasteiger partial charge on any atom is -0.462 e. The molecule has 1 aliphatic rings. The number of hydrogen-bond donors (Lipinski definition) is 0. The second-order valence-corrected chi connectivity index (χ2v) is 12.2. The molecule has 0 radical (unpaired) electrons. The highest BCUT2D eigenvalue weighted by Crippen LogP contribution is 2.55. The van der Waals surface area contributed by atoms with Gasteiger partial charge in [-0.1, -0.05) is 103 Å². The number of rotatable bonds is 10. The van der Waals surface area contributed by atoms with Crippen LogP contribution in [0.15, 0.2) is 116 Å². The molecule has 7 heteroatoms. The lowest BCUT2D eigenvalue weighted by Crippen LogP contribution is -2.09. The Balaban J connectivity index is 1.15. The fourth-order valence-electron chi connectivity index (χ4n) is 6.47. The molecule has 230 valence electrons. The lowest BCUT2D eigenvalue weighted by atomic mass is 9.90. The summed E-state index contributed by atoms with van der Waals surface area (Å²) in [6.45, 7) is 4.43. The van der Waals surface area contributed by atoms with Crippen molar-refractivity contribution >= 4 is 5.97 Å². The first kappa shape index (κ1) is 29.4. The van der Waals surface area contributed by atoms with Crippen molar-refractivity contribution < 1.29 is 9.53 Å². The number of benzene rings is 4. The molecule has 1 aliphatic carbocycles. The van der Waals surface area contributed by atoms with E-state index >= 15 is 0 Å². The van der Waals surface area contributed by atoms with E-state index in [9.17, 15) is 4.79 Å². The van der Waals surface area contributed by atoms with Crippen molar-refractivity contribution in [2.75, 3.05) is 6.61 Å². The molecule has 6 aromatic rings. The third-order valence-electron chi connectivity index (χ3n) is 8.90. The molecule has 2 heterocycles. The van der Waals surface area contributed by atoms with Gasteiger partial charge in [0.15, 0.2) is 0 Å². The SMILES string of the molecule is CCOC(=O)c1cnn(-c2cccc(-c3cccc(CC(C)c4cccc(-c5ccccc5)c4)c3)c2)c1C1C[C@@H]1c1cn(C)nn1. The Labute approximate surface area is 269 Å². The third kappa shape index (κ3) is 6.01. The molecule has 0 amide bonds. The summed E-state index contributed by atoms with van der Waals surface area (Å²) in [5.41, 5.74) is 10.6. The lowest BCUT2D eigenvalue weighted by Gasteiger charge is -2.15. The van der Waals surface area contributed by atoms with Gasteiger partial charge in [-0.05, 0) is 71.2 Å². The zero-order chi connectivity index (χ0) is 31.6. The van der Waals surface area contributed by atoms with Crippen LogP contribution in [-0.2, 0) is 18.2 Å². The number of nitrogens with zero attached hydrogens (tertiary/aromatic N) is 5. The van der Waals surface area contributed by atoms with Gasteiger partial charge in [-0.25, -0.2) is 9.48 Å². The standard InChI is InChI=1S/C39H37N5O2/c1-4-46-39(45)36-24-40-44(38(36)35-23-34(35)37-25-43(3)42-41-37)33-18-10-17-32(22-33)30-15-8-11-27(20-30)19-26(2)29-14-9-16-31(21-29)28-12-6-5-7-13-28/h5-18,20-22,24-26,34-35H,4,19,23H2,1-3H3/t26?,34-,35?/m0/s1. The molecular weight excluding hydrogens is 570 g/mol. The first-order chi connectivity index (χ1) is 22.5. The van der Waals surface area contributed by atoms with E-state index in [4.69, 9.17) is 9.84 Å². The van der Waals surface area contributed by atoms with Crippen LogP contribution >= 0.6 is 0 Å². The van der Waals surface area contributed by atoms with Crippen LogP contribution in [0.3, 0.4) is 0 Å². The van der Waals surface area contributed by atoms with Crippen molar-refractivity contribution in [3.8, 4) is 27.9 Å². The van der Waals surface area contributed by atoms with Gasteiger partial charge in [0.25, 0.3) is 0 Å². The van der Waals surface area contributed by atoms with Gasteiger partial charge < -0.3 is 4.74 Å². The maximum absolute atomic E-state index is 13.0. The number of hydrogen-bond acceptors (Lipinski definition) is 5. The van der Waals surface area contributed by atoms with Crippen molar-refractivity contribution in [1.82, 2.24) is 24.8 Å². The van der Waals surface area contributed by atoms with Gasteiger partial charge in [0.2, 0.25) is 0 Å². The van der Waals surface area contributed by atoms with Gasteiger partial charge in [0, 0.05) is 25.1 Å². The molecule has 7 rings (SSSR count). The van der Waals surface area contributed by atoms with E-state index < -0.39 is 0 Å². The molecule has 0 saturated heterocycles. The Hall–Kier alpha value is -5.30. The number of carbonyl (C=O) groups is 1. The van der Waals surface area contributed by atoms with Gasteiger partial charge in [0.1, 0.15) is 5.56 Å². The quantitative estimate of drug-likeness (QED) is 0.147. The number of esters is 1. The maximum Gasteiger partial charge on any atom is 0.341 e. The lowest BCUT2D eigenvalue weighted by molar-refractivity contribution is 0.0525. The highest BCUT2D eigenvalue weighted by molar-refractivity contribution is 5.91. The Morgan fingerprint density at radius 3 is 2.35 bits per heavy atom. The van der Waals surface area contributed by atoms with Crippen LogP contribution in [0.4, 0.5) is 0 Å². The molecule has 2 aromatic heterocycles. The van der Waals surface area contributed by atoms with Crippen LogP contribution in [0.2, 0.25) is 0 Å². The molecule has 1 fully saturated rings. The van der Waals surface area contributed by atoms with E-state index in [0.29, 0.717) is 18.1 Å². The predicted octanol–water partition coefficient (Wildman–Crippen LogP) is 8.13. The fourth-order valence-corrected chi connectivity index (χ4v) is 6.47. The molecule has 0 bridgehead atoms. The summed E-state index contributed by atoms with van der Waals surface area (Å²) in [5.74, 6) is 0.305. The molecule has 0 spiro atoms. The van der Waals surface area contributed by atoms with E-state index in [2.05, 4.69) is 114 Å². The minimum absolute atomic E-state index is 0.104. The first-order valence-corrected chi connectivity index (χ1v) is 15.9. The largest absolute Gasteiger partial charge is 0.462 e. The molecule has 0 N–H and O–H groups in total. The van der Waals surface area contributed by atoms with Gasteiger partial charge >= 0.3 is 5.97 Å². The average molecular weight is 608 g/mol. The van der Waals surface area contributed by atoms with Crippen molar-refractivity contribution in [3.05, 3.63) is 144 Å². The second kappa shape index (κ2) is 12.6. The summed E-state index contributed by atoms with van der Waals surface area (Å²) in [5, 5.41) is 13.2. The van der Waals surface area contributed by atoms with Gasteiger partial charge in [-0.15, -0.1) is 5.10 Å². The Bertz CT molecular complexity index is 1990. The van der Waals surface area contributed by atoms with Crippen molar-refractivity contribution in [2.45, 2.75) is 44.4 Å². The molecule has 1 saturated carbocycles. The summed E-state index contributed by atoms with van der Waals surface area (Å²) in [6, 6.07) is 36.6. The van der Waals surface area contributed by atoms with E-state index in [1.54, 1.807) is 10.9 Å². The van der Waals surface area contributed by atoms with Crippen LogP contribution in [0.25, 0.3) is 27.9 Å². The first-order valence-electron chi connectivity index (χ1n) is 15.9. The maximum atomic E-state index is 13.0. The monoisotopic (exact) mass is 607 g/mol. The predicted molar refractivity (Wildman–Crippen MR) is 180 cm³/mol. The number of aryl methyl sites for hydroxylation is 1. The summed E-state index contributed by atoms with van der Waals surface area (Å²) in [6.07, 6.45) is 5.40. The number of carbonyl (C=O) groups excluding carboxylic acids is 1. The number of ether oxygens (including phenoxy) is 1. The van der Waals surface area contributed by atoms with Crippen LogP contribution in [0.5, 0.6) is 0 Å². The van der Waals surface area contributed by atoms with Gasteiger partial charge in [-0.2, -0.15) is 5.10 Å². The summed E-state index contributed by atoms with van der Waals surface area (Å²) in [7, 11) is 1.87. The van der Waals surface area contributed by atoms with E-state index in [-0.39, 0.29) is 17.8 Å². The minimum atomic E-state index is -0.346. The average Bonchev–Trinajstić information content (AvgIpc) is 3.54. The Kier molecular flexibility index (Phi) is 8.06. The highest BCUT2D eigenvalue weighted by Gasteiger charge is 2.46. The molecule has 0 aliphatic heterocycles. The van der Waals surface area contributed by atoms with Crippen molar-refractivity contribution in [2.24, 2.45) is 7.05 Å². The van der Waals surface area contributed by atoms with Crippen LogP contribution < -0.4 is 0 Å². The molecule has 2 unspecified atom stereocenters. The normalized spacial score (nSPS) is 16.2. The molecule has 3 atom stereocenters. The molecule has 46 heavy (non-hydrogen) atoms. The van der Waals surface area contributed by atoms with E-state index in [1.807, 2.05) is 30.9 Å². The zero-order valence-corrected chi connectivity index (χ0v) is 26.4. The van der Waals surface area contributed by atoms with Crippen LogP contribution in [-0.4, -0.2) is 37.4 Å². The zero-order valence-electron chi connectivity index (χ0n) is 26.4. The van der Waals surface area contributed by atoms with E-state index in [1.165, 1.54) is 22.3 Å². The smallest absolute Gasteiger partial charge is 0.341 e. The van der Waals surface area contributed by atoms with E-state index in [0.717, 1.165) is 41.0 Å². The molecule has 4 aromatic carbocycles. The summed E-state index contributed by atoms with van der Waals surface area (Å²) < 4.78 is 9.04. The second-order valence-electron chi connectivity index (χ2n) is 12.2. The number of aromatic nitrogens is 5. The summed E-state index contributed by atoms with van der Waals surface area (Å²) in [4.78, 5) is 13.0. The summed E-state index contributed by atoms with van der Waals surface area (Å²) >= 11 is 0. The molecule has 7 nitrogen and oxygen atoms in total. The van der Waals surface area contributed by atoms with Crippen molar-refractivity contribution in [3.63, 3.8) is 0 Å². The van der Waals surface area contributed by atoms with Crippen molar-refractivity contribution in [1.29, 1.82) is 0 Å². The van der Waals surface area contributed by atoms with Gasteiger partial charge in [0.05, 0.1) is 29.9 Å². The van der Waals surface area contributed by atoms with Gasteiger partial charge in [-0.3, -0.25) is 4.68 Å². The van der Waals surface area contributed by atoms with Crippen LogP contribution in [0, 0.1) is 0 Å². The van der Waals surface area contributed by atoms with Crippen LogP contribution in [0.1, 0.15) is 70.9 Å². The highest BCUT2D eigenvalue weighted by atomic mass is 16.5.